The zero-order valence-corrected chi connectivity index (χ0v) is 15.4. The molecule has 0 radical (unpaired) electrons. The van der Waals surface area contributed by atoms with Crippen LogP contribution in [0, 0.1) is 6.92 Å². The highest BCUT2D eigenvalue weighted by molar-refractivity contribution is 5.93. The summed E-state index contributed by atoms with van der Waals surface area (Å²) in [6.45, 7) is 6.48. The number of pyridine rings is 1. The fourth-order valence-corrected chi connectivity index (χ4v) is 3.25. The molecule has 136 valence electrons. The maximum Gasteiger partial charge on any atom is 0.248 e. The zero-order valence-electron chi connectivity index (χ0n) is 15.4. The van der Waals surface area contributed by atoms with Gasteiger partial charge in [-0.25, -0.2) is 4.98 Å². The Morgan fingerprint density at radius 2 is 2.12 bits per heavy atom. The summed E-state index contributed by atoms with van der Waals surface area (Å²) in [5, 5.41) is 3.42. The van der Waals surface area contributed by atoms with Crippen LogP contribution in [0.25, 0.3) is 0 Å². The first-order valence-corrected chi connectivity index (χ1v) is 8.51. The second kappa shape index (κ2) is 7.07. The Morgan fingerprint density at radius 3 is 2.77 bits per heavy atom. The SMILES string of the molecule is CCOc1ncc(C)c2c1C(c1ccc(C(N)=O)cc1OC)C=C(C)N2. The average molecular weight is 353 g/mol. The van der Waals surface area contributed by atoms with Gasteiger partial charge in [0.05, 0.1) is 19.4 Å². The van der Waals surface area contributed by atoms with Gasteiger partial charge in [0.1, 0.15) is 5.75 Å². The number of amides is 1. The predicted molar refractivity (Wildman–Crippen MR) is 101 cm³/mol. The number of nitrogens with one attached hydrogen (secondary N) is 1. The normalized spacial score (nSPS) is 15.5. The third kappa shape index (κ3) is 3.10. The summed E-state index contributed by atoms with van der Waals surface area (Å²) in [7, 11) is 1.58. The Bertz CT molecular complexity index is 890. The Balaban J connectivity index is 2.22. The van der Waals surface area contributed by atoms with E-state index in [2.05, 4.69) is 16.4 Å². The minimum atomic E-state index is -0.486. The number of methoxy groups -OCH3 is 1. The van der Waals surface area contributed by atoms with Gasteiger partial charge >= 0.3 is 0 Å². The Labute approximate surface area is 153 Å². The van der Waals surface area contributed by atoms with Crippen molar-refractivity contribution in [1.82, 2.24) is 4.98 Å². The molecular weight excluding hydrogens is 330 g/mol. The van der Waals surface area contributed by atoms with E-state index in [0.29, 0.717) is 23.8 Å². The van der Waals surface area contributed by atoms with Crippen LogP contribution in [0.1, 0.15) is 46.8 Å². The molecule has 26 heavy (non-hydrogen) atoms. The van der Waals surface area contributed by atoms with E-state index in [1.165, 1.54) is 0 Å². The van der Waals surface area contributed by atoms with E-state index in [1.807, 2.05) is 26.8 Å². The lowest BCUT2D eigenvalue weighted by Crippen LogP contribution is -2.17. The standard InChI is InChI=1S/C20H23N3O3/c1-5-26-20-17-15(8-12(3)23-18(17)11(2)10-22-20)14-7-6-13(19(21)24)9-16(14)25-4/h6-10,15,23H,5H2,1-4H3,(H2,21,24). The number of nitrogens with zero attached hydrogens (tertiary/aromatic N) is 1. The van der Waals surface area contributed by atoms with E-state index >= 15 is 0 Å². The lowest BCUT2D eigenvalue weighted by Gasteiger charge is -2.28. The summed E-state index contributed by atoms with van der Waals surface area (Å²) >= 11 is 0. The zero-order chi connectivity index (χ0) is 18.8. The number of ether oxygens (including phenoxy) is 2. The number of hydrogen-bond donors (Lipinski definition) is 2. The molecule has 1 aromatic heterocycles. The largest absolute Gasteiger partial charge is 0.496 e. The number of fused-ring (bicyclic) bond motifs is 1. The van der Waals surface area contributed by atoms with Gasteiger partial charge in [0.2, 0.25) is 11.8 Å². The summed E-state index contributed by atoms with van der Waals surface area (Å²) in [6, 6.07) is 5.27. The van der Waals surface area contributed by atoms with Gasteiger partial charge in [-0.3, -0.25) is 4.79 Å². The molecule has 1 aliphatic heterocycles. The molecule has 1 unspecified atom stereocenters. The number of benzene rings is 1. The lowest BCUT2D eigenvalue weighted by molar-refractivity contribution is 0.1000. The Morgan fingerprint density at radius 1 is 1.35 bits per heavy atom. The summed E-state index contributed by atoms with van der Waals surface area (Å²) < 4.78 is 11.3. The number of anilines is 1. The molecule has 3 rings (SSSR count). The summed E-state index contributed by atoms with van der Waals surface area (Å²) in [4.78, 5) is 16.0. The van der Waals surface area contributed by atoms with E-state index in [0.717, 1.165) is 28.1 Å². The lowest BCUT2D eigenvalue weighted by atomic mass is 9.85. The molecule has 2 heterocycles. The van der Waals surface area contributed by atoms with Crippen LogP contribution in [-0.2, 0) is 0 Å². The van der Waals surface area contributed by atoms with E-state index in [-0.39, 0.29) is 5.92 Å². The number of carbonyl (C=O) groups excluding carboxylic acids is 1. The molecule has 0 saturated heterocycles. The van der Waals surface area contributed by atoms with Crippen molar-refractivity contribution >= 4 is 11.6 Å². The van der Waals surface area contributed by atoms with Crippen LogP contribution in [0.4, 0.5) is 5.69 Å². The molecule has 0 saturated carbocycles. The van der Waals surface area contributed by atoms with Crippen molar-refractivity contribution in [2.45, 2.75) is 26.7 Å². The minimum absolute atomic E-state index is 0.114. The van der Waals surface area contributed by atoms with Gasteiger partial charge in [-0.2, -0.15) is 0 Å². The highest BCUT2D eigenvalue weighted by atomic mass is 16.5. The fraction of sp³-hybridized carbons (Fsp3) is 0.300. The number of nitrogens with two attached hydrogens (primary N) is 1. The number of carbonyl (C=O) groups is 1. The molecule has 6 heteroatoms. The Kier molecular flexibility index (Phi) is 4.84. The van der Waals surface area contributed by atoms with Crippen LogP contribution in [0.5, 0.6) is 11.6 Å². The molecule has 6 nitrogen and oxygen atoms in total. The first-order valence-electron chi connectivity index (χ1n) is 8.51. The summed E-state index contributed by atoms with van der Waals surface area (Å²) in [6.07, 6.45) is 3.91. The summed E-state index contributed by atoms with van der Waals surface area (Å²) in [5.41, 5.74) is 10.8. The van der Waals surface area contributed by atoms with E-state index in [1.54, 1.807) is 25.4 Å². The average Bonchev–Trinajstić information content (AvgIpc) is 2.63. The van der Waals surface area contributed by atoms with Gasteiger partial charge in [0, 0.05) is 34.5 Å². The molecule has 0 fully saturated rings. The van der Waals surface area contributed by atoms with Crippen molar-refractivity contribution in [3.63, 3.8) is 0 Å². The second-order valence-corrected chi connectivity index (χ2v) is 6.24. The van der Waals surface area contributed by atoms with E-state index in [4.69, 9.17) is 15.2 Å². The first kappa shape index (κ1) is 17.8. The number of allylic oxidation sites excluding steroid dienone is 2. The molecular formula is C20H23N3O3. The van der Waals surface area contributed by atoms with Crippen LogP contribution >= 0.6 is 0 Å². The van der Waals surface area contributed by atoms with Gasteiger partial charge < -0.3 is 20.5 Å². The van der Waals surface area contributed by atoms with Crippen LogP contribution in [-0.4, -0.2) is 24.6 Å². The highest BCUT2D eigenvalue weighted by Gasteiger charge is 2.29. The molecule has 1 aliphatic rings. The molecule has 0 spiro atoms. The number of hydrogen-bond acceptors (Lipinski definition) is 5. The molecule has 0 aliphatic carbocycles. The van der Waals surface area contributed by atoms with Gasteiger partial charge in [-0.05, 0) is 38.5 Å². The van der Waals surface area contributed by atoms with Crippen molar-refractivity contribution in [3.8, 4) is 11.6 Å². The van der Waals surface area contributed by atoms with Crippen LogP contribution in [0.3, 0.4) is 0 Å². The third-order valence-corrected chi connectivity index (χ3v) is 4.45. The van der Waals surface area contributed by atoms with Gasteiger partial charge in [0.25, 0.3) is 0 Å². The van der Waals surface area contributed by atoms with E-state index in [9.17, 15) is 4.79 Å². The van der Waals surface area contributed by atoms with Crippen LogP contribution < -0.4 is 20.5 Å². The van der Waals surface area contributed by atoms with Gasteiger partial charge in [-0.15, -0.1) is 0 Å². The highest BCUT2D eigenvalue weighted by Crippen LogP contribution is 2.45. The Hall–Kier alpha value is -3.02. The topological polar surface area (TPSA) is 86.5 Å². The van der Waals surface area contributed by atoms with Crippen molar-refractivity contribution in [2.24, 2.45) is 5.73 Å². The summed E-state index contributed by atoms with van der Waals surface area (Å²) in [5.74, 6) is 0.597. The number of aryl methyl sites for hydroxylation is 1. The maximum atomic E-state index is 11.5. The smallest absolute Gasteiger partial charge is 0.248 e. The van der Waals surface area contributed by atoms with Crippen molar-refractivity contribution in [1.29, 1.82) is 0 Å². The molecule has 3 N–H and O–H groups in total. The number of rotatable bonds is 5. The molecule has 1 atom stereocenters. The van der Waals surface area contributed by atoms with Crippen molar-refractivity contribution < 1.29 is 14.3 Å². The van der Waals surface area contributed by atoms with Crippen molar-refractivity contribution in [3.05, 3.63) is 58.4 Å². The monoisotopic (exact) mass is 353 g/mol. The maximum absolute atomic E-state index is 11.5. The van der Waals surface area contributed by atoms with Gasteiger partial charge in [-0.1, -0.05) is 12.1 Å². The third-order valence-electron chi connectivity index (χ3n) is 4.45. The second-order valence-electron chi connectivity index (χ2n) is 6.24. The first-order chi connectivity index (χ1) is 12.5. The fourth-order valence-electron chi connectivity index (χ4n) is 3.25. The van der Waals surface area contributed by atoms with Crippen LogP contribution in [0.2, 0.25) is 0 Å². The van der Waals surface area contributed by atoms with E-state index < -0.39 is 5.91 Å². The predicted octanol–water partition coefficient (Wildman–Crippen LogP) is 3.36. The molecule has 1 aromatic carbocycles. The van der Waals surface area contributed by atoms with Crippen molar-refractivity contribution in [2.75, 3.05) is 19.0 Å². The number of primary amides is 1. The quantitative estimate of drug-likeness (QED) is 0.861. The van der Waals surface area contributed by atoms with Gasteiger partial charge in [0.15, 0.2) is 0 Å². The molecule has 2 aromatic rings. The molecule has 0 bridgehead atoms. The minimum Gasteiger partial charge on any atom is -0.496 e. The number of aromatic nitrogens is 1. The van der Waals surface area contributed by atoms with Crippen LogP contribution in [0.15, 0.2) is 36.2 Å². The molecule has 1 amide bonds.